The summed E-state index contributed by atoms with van der Waals surface area (Å²) >= 11 is 0. The number of amides is 2. The Balaban J connectivity index is 1.64. The van der Waals surface area contributed by atoms with Gasteiger partial charge in [0.15, 0.2) is 0 Å². The van der Waals surface area contributed by atoms with Crippen molar-refractivity contribution in [1.82, 2.24) is 20.4 Å². The number of ether oxygens (including phenoxy) is 1. The lowest BCUT2D eigenvalue weighted by Crippen LogP contribution is -2.76. The number of rotatable bonds is 5. The van der Waals surface area contributed by atoms with Gasteiger partial charge in [-0.25, -0.2) is 13.6 Å². The number of hydrogen-bond donors (Lipinski definition) is 3. The molecule has 1 unspecified atom stereocenters. The van der Waals surface area contributed by atoms with E-state index in [1.54, 1.807) is 56.9 Å². The monoisotopic (exact) mass is 541 g/mol. The second kappa shape index (κ2) is 10.1. The maximum absolute atomic E-state index is 14.1. The molecule has 3 N–H and O–H groups in total. The fraction of sp³-hybridized carbons (Fsp3) is 0.448. The van der Waals surface area contributed by atoms with Crippen LogP contribution in [0, 0.1) is 18.6 Å². The van der Waals surface area contributed by atoms with Gasteiger partial charge in [0.1, 0.15) is 35.3 Å². The third-order valence-corrected chi connectivity index (χ3v) is 7.47. The van der Waals surface area contributed by atoms with Crippen molar-refractivity contribution >= 4 is 23.4 Å². The maximum atomic E-state index is 14.1. The van der Waals surface area contributed by atoms with Crippen LogP contribution in [0.5, 0.6) is 0 Å². The van der Waals surface area contributed by atoms with Crippen LogP contribution >= 0.6 is 0 Å². The second-order valence-corrected chi connectivity index (χ2v) is 11.6. The Hall–Kier alpha value is -3.82. The van der Waals surface area contributed by atoms with Crippen molar-refractivity contribution in [3.05, 3.63) is 71.0 Å². The average molecular weight is 542 g/mol. The molecular formula is C29H37F2N5O3. The molecule has 0 aromatic heterocycles. The molecule has 8 nitrogen and oxygen atoms in total. The molecule has 1 atom stereocenters. The summed E-state index contributed by atoms with van der Waals surface area (Å²) in [5.74, 6) is -0.148. The van der Waals surface area contributed by atoms with Crippen molar-refractivity contribution in [2.24, 2.45) is 0 Å². The molecule has 1 saturated heterocycles. The molecule has 10 heteroatoms. The summed E-state index contributed by atoms with van der Waals surface area (Å²) in [7, 11) is 0. The summed E-state index contributed by atoms with van der Waals surface area (Å²) in [6.45, 7) is 13.6. The Morgan fingerprint density at radius 1 is 1.05 bits per heavy atom. The van der Waals surface area contributed by atoms with Crippen molar-refractivity contribution in [3.63, 3.8) is 0 Å². The van der Waals surface area contributed by atoms with Gasteiger partial charge in [-0.3, -0.25) is 4.79 Å². The highest BCUT2D eigenvalue weighted by Gasteiger charge is 2.58. The van der Waals surface area contributed by atoms with Crippen LogP contribution in [0.15, 0.2) is 48.3 Å². The van der Waals surface area contributed by atoms with E-state index < -0.39 is 22.9 Å². The molecule has 210 valence electrons. The molecule has 2 aliphatic heterocycles. The van der Waals surface area contributed by atoms with Crippen molar-refractivity contribution in [3.8, 4) is 0 Å². The quantitative estimate of drug-likeness (QED) is 0.505. The van der Waals surface area contributed by atoms with E-state index in [-0.39, 0.29) is 24.1 Å². The molecule has 4 rings (SSSR count). The first-order valence-electron chi connectivity index (χ1n) is 13.0. The second-order valence-electron chi connectivity index (χ2n) is 11.6. The van der Waals surface area contributed by atoms with Gasteiger partial charge in [0.2, 0.25) is 5.91 Å². The minimum Gasteiger partial charge on any atom is -0.444 e. The van der Waals surface area contributed by atoms with E-state index in [1.807, 2.05) is 20.8 Å². The first kappa shape index (κ1) is 28.2. The van der Waals surface area contributed by atoms with Gasteiger partial charge in [0.05, 0.1) is 11.2 Å². The molecule has 1 fully saturated rings. The van der Waals surface area contributed by atoms with Crippen LogP contribution < -0.4 is 16.0 Å². The minimum absolute atomic E-state index is 0.202. The number of anilines is 1. The predicted octanol–water partition coefficient (Wildman–Crippen LogP) is 4.78. The lowest BCUT2D eigenvalue weighted by atomic mass is 9.83. The maximum Gasteiger partial charge on any atom is 0.408 e. The highest BCUT2D eigenvalue weighted by atomic mass is 19.1. The van der Waals surface area contributed by atoms with Crippen LogP contribution in [-0.4, -0.2) is 58.2 Å². The van der Waals surface area contributed by atoms with Gasteiger partial charge in [-0.05, 0) is 96.5 Å². The number of aryl methyl sites for hydroxylation is 1. The highest BCUT2D eigenvalue weighted by molar-refractivity contribution is 5.84. The van der Waals surface area contributed by atoms with Crippen molar-refractivity contribution in [2.75, 3.05) is 25.0 Å². The van der Waals surface area contributed by atoms with Gasteiger partial charge in [0.25, 0.3) is 0 Å². The van der Waals surface area contributed by atoms with Crippen molar-refractivity contribution in [1.29, 1.82) is 0 Å². The molecule has 2 aliphatic rings. The van der Waals surface area contributed by atoms with E-state index in [0.29, 0.717) is 24.3 Å². The Labute approximate surface area is 228 Å². The fourth-order valence-electron chi connectivity index (χ4n) is 5.09. The van der Waals surface area contributed by atoms with E-state index in [2.05, 4.69) is 20.9 Å². The van der Waals surface area contributed by atoms with Crippen LogP contribution in [0.3, 0.4) is 0 Å². The number of carbonyl (C=O) groups is 2. The molecular weight excluding hydrogens is 504 g/mol. The van der Waals surface area contributed by atoms with Gasteiger partial charge in [-0.15, -0.1) is 0 Å². The topological polar surface area (TPSA) is 85.9 Å². The van der Waals surface area contributed by atoms with Gasteiger partial charge in [0, 0.05) is 24.3 Å². The summed E-state index contributed by atoms with van der Waals surface area (Å²) in [4.78, 5) is 29.4. The van der Waals surface area contributed by atoms with Crippen molar-refractivity contribution in [2.45, 2.75) is 65.3 Å². The lowest BCUT2D eigenvalue weighted by Gasteiger charge is -2.58. The van der Waals surface area contributed by atoms with Gasteiger partial charge in [-0.1, -0.05) is 0 Å². The summed E-state index contributed by atoms with van der Waals surface area (Å²) < 4.78 is 33.0. The lowest BCUT2D eigenvalue weighted by molar-refractivity contribution is -0.150. The molecule has 2 aromatic carbocycles. The Kier molecular flexibility index (Phi) is 7.27. The van der Waals surface area contributed by atoms with Gasteiger partial charge < -0.3 is 30.5 Å². The first-order chi connectivity index (χ1) is 18.1. The van der Waals surface area contributed by atoms with Crippen LogP contribution in [-0.2, 0) is 9.53 Å². The molecule has 0 spiro atoms. The van der Waals surface area contributed by atoms with E-state index in [0.717, 1.165) is 17.1 Å². The molecule has 0 radical (unpaired) electrons. The molecule has 39 heavy (non-hydrogen) atoms. The molecule has 2 amide bonds. The normalized spacial score (nSPS) is 20.3. The van der Waals surface area contributed by atoms with Crippen molar-refractivity contribution < 1.29 is 23.1 Å². The van der Waals surface area contributed by atoms with E-state index >= 15 is 0 Å². The zero-order valence-electron chi connectivity index (χ0n) is 23.5. The summed E-state index contributed by atoms with van der Waals surface area (Å²) in [6, 6.07) is 11.0. The van der Waals surface area contributed by atoms with Crippen LogP contribution in [0.2, 0.25) is 0 Å². The SMILES string of the molecule is Cc1cc(C2=C(Nc3ccc(F)cc3)N3CCN(C(=O)CNC(=O)OC(C)(C)C)C(C)(C)C3(C)N2)ccc1F. The number of carbonyl (C=O) groups excluding carboxylic acids is 2. The zero-order valence-corrected chi connectivity index (χ0v) is 23.5. The third-order valence-electron chi connectivity index (χ3n) is 7.47. The summed E-state index contributed by atoms with van der Waals surface area (Å²) in [5, 5.41) is 9.61. The Morgan fingerprint density at radius 2 is 1.72 bits per heavy atom. The summed E-state index contributed by atoms with van der Waals surface area (Å²) in [5.41, 5.74) is 0.480. The first-order valence-corrected chi connectivity index (χ1v) is 13.0. The number of alkyl carbamates (subject to hydrolysis) is 1. The third kappa shape index (κ3) is 5.51. The van der Waals surface area contributed by atoms with Crippen LogP contribution in [0.1, 0.15) is 52.7 Å². The average Bonchev–Trinajstić information content (AvgIpc) is 3.13. The standard InChI is InChI=1S/C29H37F2N5O3/c1-18-16-19(8-13-22(18)31)24-25(33-21-11-9-20(30)10-12-21)36-15-14-35(28(5,6)29(36,7)34-24)23(37)17-32-26(38)39-27(2,3)4/h8-13,16,33-34H,14-15,17H2,1-7H3,(H,32,38). The van der Waals surface area contributed by atoms with E-state index in [9.17, 15) is 18.4 Å². The number of piperazine rings is 1. The zero-order chi connectivity index (χ0) is 28.8. The number of halogens is 2. The predicted molar refractivity (Wildman–Crippen MR) is 146 cm³/mol. The van der Waals surface area contributed by atoms with E-state index in [1.165, 1.54) is 18.2 Å². The van der Waals surface area contributed by atoms with Crippen LogP contribution in [0.4, 0.5) is 19.3 Å². The largest absolute Gasteiger partial charge is 0.444 e. The number of fused-ring (bicyclic) bond motifs is 1. The number of hydrogen-bond acceptors (Lipinski definition) is 6. The van der Waals surface area contributed by atoms with Gasteiger partial charge >= 0.3 is 6.09 Å². The molecule has 2 heterocycles. The smallest absolute Gasteiger partial charge is 0.408 e. The summed E-state index contributed by atoms with van der Waals surface area (Å²) in [6.07, 6.45) is -0.654. The molecule has 0 saturated carbocycles. The van der Waals surface area contributed by atoms with Crippen LogP contribution in [0.25, 0.3) is 5.70 Å². The van der Waals surface area contributed by atoms with Gasteiger partial charge in [-0.2, -0.15) is 0 Å². The Morgan fingerprint density at radius 3 is 2.33 bits per heavy atom. The number of benzene rings is 2. The number of nitrogens with zero attached hydrogens (tertiary/aromatic N) is 2. The molecule has 0 bridgehead atoms. The molecule has 0 aliphatic carbocycles. The molecule has 2 aromatic rings. The fourth-order valence-corrected chi connectivity index (χ4v) is 5.09. The highest BCUT2D eigenvalue weighted by Crippen LogP contribution is 2.44. The van der Waals surface area contributed by atoms with E-state index in [4.69, 9.17) is 4.74 Å². The minimum atomic E-state index is -0.785. The Bertz CT molecular complexity index is 1300. The number of nitrogens with one attached hydrogen (secondary N) is 3.